The van der Waals surface area contributed by atoms with E-state index in [1.54, 1.807) is 0 Å². The maximum atomic E-state index is 11.4. The molecule has 0 amide bonds. The summed E-state index contributed by atoms with van der Waals surface area (Å²) in [5.74, 6) is 0.0836. The monoisotopic (exact) mass is 415 g/mol. The Morgan fingerprint density at radius 3 is 1.53 bits per heavy atom. The van der Waals surface area contributed by atoms with E-state index < -0.39 is 12.2 Å². The molecule has 0 aliphatic rings. The summed E-state index contributed by atoms with van der Waals surface area (Å²) in [6.07, 6.45) is 0.512. The van der Waals surface area contributed by atoms with Crippen LogP contribution in [0.25, 0.3) is 0 Å². The van der Waals surface area contributed by atoms with Crippen molar-refractivity contribution in [3.05, 3.63) is 125 Å². The van der Waals surface area contributed by atoms with Crippen LogP contribution in [0.15, 0.2) is 109 Å². The van der Waals surface area contributed by atoms with Crippen molar-refractivity contribution in [3.8, 4) is 5.75 Å². The first-order chi connectivity index (χ1) is 14.6. The van der Waals surface area contributed by atoms with Gasteiger partial charge in [0.2, 0.25) is 0 Å². The van der Waals surface area contributed by atoms with Crippen molar-refractivity contribution in [2.24, 2.45) is 0 Å². The first-order valence-electron chi connectivity index (χ1n) is 9.74. The van der Waals surface area contributed by atoms with Crippen molar-refractivity contribution in [3.63, 3.8) is 0 Å². The first-order valence-corrected chi connectivity index (χ1v) is 11.9. The summed E-state index contributed by atoms with van der Waals surface area (Å²) in [6, 6.07) is 35.1. The average molecular weight is 415 g/mol. The number of nitrogens with zero attached hydrogens (tertiary/aromatic N) is 1. The van der Waals surface area contributed by atoms with Crippen LogP contribution in [0.4, 0.5) is 5.69 Å². The summed E-state index contributed by atoms with van der Waals surface area (Å²) < 4.78 is 0. The molecule has 0 saturated heterocycles. The van der Waals surface area contributed by atoms with Crippen molar-refractivity contribution in [2.75, 3.05) is 0 Å². The molecule has 0 unspecified atom stereocenters. The number of hydrogen-bond donors (Lipinski definition) is 1. The number of rotatable bonds is 6. The van der Waals surface area contributed by atoms with Crippen LogP contribution in [0.2, 0.25) is 0 Å². The van der Waals surface area contributed by atoms with Gasteiger partial charge in [-0.25, -0.2) is 0 Å². The number of phenolic OH excluding ortho intramolecular Hbond substituents is 1. The van der Waals surface area contributed by atoms with Crippen LogP contribution < -0.4 is 15.9 Å². The van der Waals surface area contributed by atoms with Crippen molar-refractivity contribution in [1.82, 2.24) is 0 Å². The van der Waals surface area contributed by atoms with E-state index in [4.69, 9.17) is 0 Å². The van der Waals surface area contributed by atoms with Crippen molar-refractivity contribution < 1.29 is 10.0 Å². The molecular formula is C25H22NO3P. The molecule has 0 aromatic heterocycles. The summed E-state index contributed by atoms with van der Waals surface area (Å²) in [5.41, 5.74) is 0.576. The molecule has 150 valence electrons. The molecule has 4 aromatic carbocycles. The molecule has 0 atom stereocenters. The van der Waals surface area contributed by atoms with Crippen LogP contribution in [0.1, 0.15) is 5.56 Å². The summed E-state index contributed by atoms with van der Waals surface area (Å²) in [4.78, 5) is 11.0. The van der Waals surface area contributed by atoms with Gasteiger partial charge in [0, 0.05) is 0 Å². The standard InChI is InChI=1S/C25H22NO3P/c27-25-17-16-21(26(28)29)18-20(25)19-30(22-10-4-1-5-11-22,23-12-6-2-7-13-23)24-14-8-3-9-15-24/h1-18,27,30H,19H2. The van der Waals surface area contributed by atoms with Crippen LogP contribution in [0, 0.1) is 10.1 Å². The van der Waals surface area contributed by atoms with Gasteiger partial charge in [-0.2, -0.15) is 0 Å². The van der Waals surface area contributed by atoms with Gasteiger partial charge in [-0.3, -0.25) is 0 Å². The second-order valence-corrected chi connectivity index (χ2v) is 11.1. The molecule has 30 heavy (non-hydrogen) atoms. The van der Waals surface area contributed by atoms with Crippen molar-refractivity contribution >= 4 is 28.9 Å². The molecule has 0 aliphatic carbocycles. The van der Waals surface area contributed by atoms with E-state index >= 15 is 0 Å². The van der Waals surface area contributed by atoms with Crippen LogP contribution >= 0.6 is 7.26 Å². The number of benzene rings is 4. The molecule has 0 aliphatic heterocycles. The third kappa shape index (κ3) is 3.70. The molecule has 4 rings (SSSR count). The van der Waals surface area contributed by atoms with E-state index in [1.165, 1.54) is 34.1 Å². The predicted molar refractivity (Wildman–Crippen MR) is 125 cm³/mol. The molecule has 0 bridgehead atoms. The first kappa shape index (κ1) is 19.8. The Bertz CT molecular complexity index is 1050. The molecule has 5 heteroatoms. The Kier molecular flexibility index (Phi) is 5.60. The molecule has 0 spiro atoms. The Hall–Kier alpha value is -3.49. The van der Waals surface area contributed by atoms with Gasteiger partial charge in [0.05, 0.1) is 0 Å². The Labute approximate surface area is 175 Å². The molecular weight excluding hydrogens is 393 g/mol. The minimum absolute atomic E-state index is 0.0140. The van der Waals surface area contributed by atoms with Crippen LogP contribution in [0.5, 0.6) is 5.75 Å². The normalized spacial score (nSPS) is 11.7. The Balaban J connectivity index is 2.01. The maximum absolute atomic E-state index is 11.4. The third-order valence-corrected chi connectivity index (χ3v) is 10.4. The number of nitro benzene ring substituents is 1. The van der Waals surface area contributed by atoms with Crippen molar-refractivity contribution in [2.45, 2.75) is 6.16 Å². The quantitative estimate of drug-likeness (QED) is 0.286. The van der Waals surface area contributed by atoms with Gasteiger partial charge in [0.1, 0.15) is 0 Å². The van der Waals surface area contributed by atoms with Crippen LogP contribution in [-0.4, -0.2) is 10.0 Å². The zero-order valence-corrected chi connectivity index (χ0v) is 17.3. The van der Waals surface area contributed by atoms with Gasteiger partial charge in [-0.15, -0.1) is 0 Å². The van der Waals surface area contributed by atoms with Crippen molar-refractivity contribution in [1.29, 1.82) is 0 Å². The van der Waals surface area contributed by atoms with E-state index in [1.807, 2.05) is 54.6 Å². The van der Waals surface area contributed by atoms with Gasteiger partial charge in [0.15, 0.2) is 0 Å². The van der Waals surface area contributed by atoms with Crippen LogP contribution in [-0.2, 0) is 6.16 Å². The second kappa shape index (κ2) is 8.48. The van der Waals surface area contributed by atoms with Gasteiger partial charge >= 0.3 is 176 Å². The molecule has 1 N–H and O–H groups in total. The van der Waals surface area contributed by atoms with Gasteiger partial charge in [-0.1, -0.05) is 0 Å². The van der Waals surface area contributed by atoms with E-state index in [2.05, 4.69) is 36.4 Å². The molecule has 4 nitrogen and oxygen atoms in total. The zero-order chi connectivity index (χ0) is 21.0. The number of non-ortho nitro benzene ring substituents is 1. The molecule has 0 heterocycles. The molecule has 0 fully saturated rings. The Morgan fingerprint density at radius 1 is 0.700 bits per heavy atom. The fraction of sp³-hybridized carbons (Fsp3) is 0.0400. The van der Waals surface area contributed by atoms with Gasteiger partial charge < -0.3 is 0 Å². The zero-order valence-electron chi connectivity index (χ0n) is 16.3. The second-order valence-electron chi connectivity index (χ2n) is 7.25. The fourth-order valence-electron chi connectivity index (χ4n) is 4.09. The van der Waals surface area contributed by atoms with E-state index in [9.17, 15) is 15.2 Å². The average Bonchev–Trinajstić information content (AvgIpc) is 2.80. The van der Waals surface area contributed by atoms with E-state index in [0.717, 1.165) is 0 Å². The summed E-state index contributed by atoms with van der Waals surface area (Å²) in [7, 11) is -2.64. The number of phenols is 1. The number of nitro groups is 1. The van der Waals surface area contributed by atoms with E-state index in [0.29, 0.717) is 11.7 Å². The number of aromatic hydroxyl groups is 1. The summed E-state index contributed by atoms with van der Waals surface area (Å²) in [5, 5.41) is 25.6. The number of hydrogen-bond acceptors (Lipinski definition) is 3. The summed E-state index contributed by atoms with van der Waals surface area (Å²) in [6.45, 7) is 0. The van der Waals surface area contributed by atoms with Crippen LogP contribution in [0.3, 0.4) is 0 Å². The predicted octanol–water partition coefficient (Wildman–Crippen LogP) is 4.53. The minimum atomic E-state index is -2.64. The summed E-state index contributed by atoms with van der Waals surface area (Å²) >= 11 is 0. The van der Waals surface area contributed by atoms with E-state index in [-0.39, 0.29) is 11.4 Å². The topological polar surface area (TPSA) is 63.4 Å². The SMILES string of the molecule is O=[N+]([O-])c1ccc(O)c(C[PH](c2ccccc2)(c2ccccc2)c2ccccc2)c1. The van der Waals surface area contributed by atoms with Gasteiger partial charge in [0.25, 0.3) is 0 Å². The molecule has 4 aromatic rings. The molecule has 0 radical (unpaired) electrons. The fourth-order valence-corrected chi connectivity index (χ4v) is 8.84. The Morgan fingerprint density at radius 2 is 1.13 bits per heavy atom. The van der Waals surface area contributed by atoms with Gasteiger partial charge in [-0.05, 0) is 0 Å². The third-order valence-electron chi connectivity index (χ3n) is 5.53. The molecule has 0 saturated carbocycles.